The molecule has 0 aliphatic rings. The molecule has 0 unspecified atom stereocenters. The second kappa shape index (κ2) is 20.8. The fraction of sp³-hybridized carbons (Fsp3) is 1.00. The summed E-state index contributed by atoms with van der Waals surface area (Å²) in [5.74, 6) is 0. The van der Waals surface area contributed by atoms with Gasteiger partial charge in [0.25, 0.3) is 0 Å². The molecule has 182 valence electrons. The Balaban J connectivity index is 3.28. The van der Waals surface area contributed by atoms with Gasteiger partial charge in [-0.2, -0.15) is 0 Å². The summed E-state index contributed by atoms with van der Waals surface area (Å²) in [5, 5.41) is 0. The van der Waals surface area contributed by atoms with Crippen LogP contribution in [-0.4, -0.2) is 38.3 Å². The van der Waals surface area contributed by atoms with Gasteiger partial charge in [0.05, 0.1) is 38.3 Å². The molecule has 0 aliphatic heterocycles. The molecule has 0 aromatic carbocycles. The Morgan fingerprint density at radius 2 is 0.767 bits per heavy atom. The molecule has 0 heterocycles. The summed E-state index contributed by atoms with van der Waals surface area (Å²) < 4.78 is 0. The predicted octanol–water partition coefficient (Wildman–Crippen LogP) is 5.86. The van der Waals surface area contributed by atoms with Crippen LogP contribution in [0.1, 0.15) is 144 Å². The Kier molecular flexibility index (Phi) is 20.7. The predicted molar refractivity (Wildman–Crippen MR) is 137 cm³/mol. The van der Waals surface area contributed by atoms with Gasteiger partial charge in [0.1, 0.15) is 0 Å². The van der Waals surface area contributed by atoms with Gasteiger partial charge in [0.2, 0.25) is 0 Å². The number of hydrogen-bond donors (Lipinski definition) is 2. The molecule has 0 aromatic heterocycles. The van der Waals surface area contributed by atoms with Gasteiger partial charge in [0.15, 0.2) is 0 Å². The molecule has 30 heavy (non-hydrogen) atoms. The summed E-state index contributed by atoms with van der Waals surface area (Å²) in [6, 6.07) is 0. The maximum atomic E-state index is 2.46. The lowest BCUT2D eigenvalue weighted by atomic mass is 9.94. The molecule has 0 amide bonds. The fourth-order valence-corrected chi connectivity index (χ4v) is 5.23. The summed E-state index contributed by atoms with van der Waals surface area (Å²) in [7, 11) is 0. The first-order valence-corrected chi connectivity index (χ1v) is 14.2. The number of quaternary nitrogens is 2. The quantitative estimate of drug-likeness (QED) is 0.189. The molecule has 0 aromatic rings. The van der Waals surface area contributed by atoms with Crippen molar-refractivity contribution < 1.29 is 9.80 Å². The number of nitrogens with one attached hydrogen (secondary N) is 2. The van der Waals surface area contributed by atoms with E-state index in [4.69, 9.17) is 0 Å². The van der Waals surface area contributed by atoms with Gasteiger partial charge in [0, 0.05) is 6.42 Å². The zero-order valence-electron chi connectivity index (χ0n) is 22.3. The molecule has 2 heteroatoms. The Morgan fingerprint density at radius 1 is 0.433 bits per heavy atom. The first-order chi connectivity index (χ1) is 14.5. The van der Waals surface area contributed by atoms with E-state index >= 15 is 0 Å². The Morgan fingerprint density at radius 3 is 1.10 bits per heavy atom. The van der Waals surface area contributed by atoms with E-state index in [9.17, 15) is 0 Å². The van der Waals surface area contributed by atoms with Crippen molar-refractivity contribution in [3.8, 4) is 0 Å². The van der Waals surface area contributed by atoms with Crippen LogP contribution in [0.3, 0.4) is 0 Å². The molecule has 0 atom stereocenters. The fourth-order valence-electron chi connectivity index (χ4n) is 5.23. The molecule has 0 rings (SSSR count). The first-order valence-electron chi connectivity index (χ1n) is 14.2. The molecule has 0 spiro atoms. The average Bonchev–Trinajstić information content (AvgIpc) is 2.73. The van der Waals surface area contributed by atoms with E-state index in [0.29, 0.717) is 5.54 Å². The summed E-state index contributed by atoms with van der Waals surface area (Å²) >= 11 is 0. The van der Waals surface area contributed by atoms with Crippen LogP contribution in [0.15, 0.2) is 0 Å². The standard InChI is InChI=1S/C28H60N2/c1-7-29(8-2)27-25-23-21-19-17-15-13-11-12-14-16-18-20-22-24-26-28(5,6)30(9-3)10-4/h7-27H2,1-6H3/p+2. The summed E-state index contributed by atoms with van der Waals surface area (Å²) in [5.41, 5.74) is 0.468. The molecule has 0 saturated heterocycles. The van der Waals surface area contributed by atoms with Gasteiger partial charge in [-0.3, -0.25) is 0 Å². The van der Waals surface area contributed by atoms with Crippen molar-refractivity contribution >= 4 is 0 Å². The molecule has 0 radical (unpaired) electrons. The second-order valence-electron chi connectivity index (χ2n) is 10.5. The van der Waals surface area contributed by atoms with Gasteiger partial charge < -0.3 is 9.80 Å². The highest BCUT2D eigenvalue weighted by molar-refractivity contribution is 4.66. The summed E-state index contributed by atoms with van der Waals surface area (Å²) in [6.45, 7) is 20.7. The summed E-state index contributed by atoms with van der Waals surface area (Å²) in [6.07, 6.45) is 23.3. The third kappa shape index (κ3) is 16.6. The molecule has 0 bridgehead atoms. The smallest absolute Gasteiger partial charge is 0.0919 e. The zero-order chi connectivity index (χ0) is 22.5. The van der Waals surface area contributed by atoms with E-state index in [0.717, 1.165) is 0 Å². The topological polar surface area (TPSA) is 8.88 Å². The molecular weight excluding hydrogens is 364 g/mol. The molecular formula is C28H62N2+2. The molecule has 0 fully saturated rings. The van der Waals surface area contributed by atoms with Gasteiger partial charge in [-0.25, -0.2) is 0 Å². The van der Waals surface area contributed by atoms with E-state index in [1.807, 2.05) is 0 Å². The second-order valence-corrected chi connectivity index (χ2v) is 10.5. The van der Waals surface area contributed by atoms with E-state index in [2.05, 4.69) is 41.5 Å². The zero-order valence-corrected chi connectivity index (χ0v) is 22.3. The number of rotatable bonds is 23. The number of hydrogen-bond acceptors (Lipinski definition) is 0. The lowest BCUT2D eigenvalue weighted by molar-refractivity contribution is -0.946. The van der Waals surface area contributed by atoms with Gasteiger partial charge in [-0.05, 0) is 60.8 Å². The van der Waals surface area contributed by atoms with Crippen LogP contribution >= 0.6 is 0 Å². The van der Waals surface area contributed by atoms with Crippen LogP contribution in [-0.2, 0) is 0 Å². The first kappa shape index (κ1) is 29.9. The van der Waals surface area contributed by atoms with Crippen LogP contribution < -0.4 is 9.80 Å². The van der Waals surface area contributed by atoms with Crippen LogP contribution in [0.5, 0.6) is 0 Å². The van der Waals surface area contributed by atoms with Crippen molar-refractivity contribution in [2.45, 2.75) is 150 Å². The van der Waals surface area contributed by atoms with E-state index in [1.165, 1.54) is 135 Å². The molecule has 2 N–H and O–H groups in total. The van der Waals surface area contributed by atoms with Crippen LogP contribution in [0.2, 0.25) is 0 Å². The Labute approximate surface area is 192 Å². The SMILES string of the molecule is CC[NH+](CC)CCCCCCCCCCCCCCCCCC(C)(C)[NH+](CC)CC. The third-order valence-corrected chi connectivity index (χ3v) is 7.64. The molecule has 0 saturated carbocycles. The maximum absolute atomic E-state index is 2.46. The van der Waals surface area contributed by atoms with E-state index < -0.39 is 0 Å². The van der Waals surface area contributed by atoms with Gasteiger partial charge in [-0.15, -0.1) is 0 Å². The number of unbranched alkanes of at least 4 members (excludes halogenated alkanes) is 14. The van der Waals surface area contributed by atoms with Gasteiger partial charge in [-0.1, -0.05) is 77.0 Å². The Bertz CT molecular complexity index is 332. The van der Waals surface area contributed by atoms with Crippen molar-refractivity contribution in [3.05, 3.63) is 0 Å². The highest BCUT2D eigenvalue weighted by Gasteiger charge is 2.27. The minimum Gasteiger partial charge on any atom is -0.335 e. The minimum atomic E-state index is 0.468. The van der Waals surface area contributed by atoms with Crippen LogP contribution in [0.4, 0.5) is 0 Å². The average molecular weight is 427 g/mol. The van der Waals surface area contributed by atoms with Crippen molar-refractivity contribution in [3.63, 3.8) is 0 Å². The highest BCUT2D eigenvalue weighted by atomic mass is 15.2. The van der Waals surface area contributed by atoms with Crippen molar-refractivity contribution in [2.24, 2.45) is 0 Å². The third-order valence-electron chi connectivity index (χ3n) is 7.64. The van der Waals surface area contributed by atoms with Crippen LogP contribution in [0.25, 0.3) is 0 Å². The normalized spacial score (nSPS) is 12.4. The largest absolute Gasteiger partial charge is 0.335 e. The molecule has 2 nitrogen and oxygen atoms in total. The Hall–Kier alpha value is -0.0800. The lowest BCUT2D eigenvalue weighted by Gasteiger charge is -2.34. The lowest BCUT2D eigenvalue weighted by Crippen LogP contribution is -3.18. The van der Waals surface area contributed by atoms with E-state index in [1.54, 1.807) is 9.80 Å². The van der Waals surface area contributed by atoms with Crippen LogP contribution in [0, 0.1) is 0 Å². The van der Waals surface area contributed by atoms with Gasteiger partial charge >= 0.3 is 0 Å². The van der Waals surface area contributed by atoms with Crippen molar-refractivity contribution in [1.29, 1.82) is 0 Å². The highest BCUT2D eigenvalue weighted by Crippen LogP contribution is 2.15. The monoisotopic (exact) mass is 426 g/mol. The maximum Gasteiger partial charge on any atom is 0.0919 e. The summed E-state index contributed by atoms with van der Waals surface area (Å²) in [4.78, 5) is 3.54. The molecule has 0 aliphatic carbocycles. The van der Waals surface area contributed by atoms with E-state index in [-0.39, 0.29) is 0 Å². The van der Waals surface area contributed by atoms with Crippen molar-refractivity contribution in [1.82, 2.24) is 0 Å². The minimum absolute atomic E-state index is 0.468. The van der Waals surface area contributed by atoms with Crippen molar-refractivity contribution in [2.75, 3.05) is 32.7 Å².